The van der Waals surface area contributed by atoms with Crippen molar-refractivity contribution in [3.63, 3.8) is 0 Å². The molecule has 2 aromatic carbocycles. The number of amides is 1. The molecule has 0 spiro atoms. The van der Waals surface area contributed by atoms with Crippen LogP contribution >= 0.6 is 35.7 Å². The number of hydrogen-bond donors (Lipinski definition) is 3. The van der Waals surface area contributed by atoms with Gasteiger partial charge in [-0.3, -0.25) is 9.79 Å². The van der Waals surface area contributed by atoms with Gasteiger partial charge in [0.25, 0.3) is 5.91 Å². The highest BCUT2D eigenvalue weighted by Crippen LogP contribution is 2.16. The molecule has 0 radical (unpaired) electrons. The third-order valence-electron chi connectivity index (χ3n) is 4.78. The molecule has 0 saturated heterocycles. The third kappa shape index (κ3) is 9.06. The number of guanidine groups is 1. The van der Waals surface area contributed by atoms with Gasteiger partial charge in [-0.1, -0.05) is 25.1 Å². The Hall–Kier alpha value is -1.81. The summed E-state index contributed by atoms with van der Waals surface area (Å²) >= 11 is 1.66. The average Bonchev–Trinajstić information content (AvgIpc) is 2.75. The van der Waals surface area contributed by atoms with Crippen LogP contribution in [0.2, 0.25) is 0 Å². The van der Waals surface area contributed by atoms with Crippen LogP contribution in [0.25, 0.3) is 0 Å². The molecule has 1 unspecified atom stereocenters. The fourth-order valence-corrected chi connectivity index (χ4v) is 3.45. The summed E-state index contributed by atoms with van der Waals surface area (Å²) in [6.07, 6.45) is 2.89. The van der Waals surface area contributed by atoms with E-state index in [0.717, 1.165) is 28.9 Å². The molecule has 0 fully saturated rings. The molecule has 1 amide bonds. The Labute approximate surface area is 206 Å². The second-order valence-electron chi connectivity index (χ2n) is 7.11. The van der Waals surface area contributed by atoms with E-state index in [2.05, 4.69) is 20.9 Å². The molecule has 0 bridgehead atoms. The van der Waals surface area contributed by atoms with Crippen LogP contribution in [-0.2, 0) is 18.8 Å². The van der Waals surface area contributed by atoms with Crippen molar-refractivity contribution < 1.29 is 9.18 Å². The number of benzene rings is 2. The van der Waals surface area contributed by atoms with Crippen molar-refractivity contribution in [1.82, 2.24) is 16.0 Å². The van der Waals surface area contributed by atoms with Crippen LogP contribution in [0.1, 0.15) is 47.3 Å². The molecule has 31 heavy (non-hydrogen) atoms. The SMILES string of the molecule is CCC(C)NC(=O)c1cccc(CNC(=NC)NCc2ccc(F)cc2CSC)c1.I. The molecule has 0 aliphatic heterocycles. The van der Waals surface area contributed by atoms with Crippen molar-refractivity contribution in [3.8, 4) is 0 Å². The highest BCUT2D eigenvalue weighted by Gasteiger charge is 2.09. The molecule has 3 N–H and O–H groups in total. The maximum Gasteiger partial charge on any atom is 0.251 e. The highest BCUT2D eigenvalue weighted by molar-refractivity contribution is 14.0. The molecular weight excluding hydrogens is 526 g/mol. The second kappa shape index (κ2) is 14.3. The number of halogens is 2. The first-order valence-corrected chi connectivity index (χ1v) is 11.5. The Morgan fingerprint density at radius 3 is 2.55 bits per heavy atom. The maximum atomic E-state index is 13.5. The van der Waals surface area contributed by atoms with E-state index in [1.54, 1.807) is 30.9 Å². The number of carbonyl (C=O) groups is 1. The Morgan fingerprint density at radius 2 is 1.87 bits per heavy atom. The smallest absolute Gasteiger partial charge is 0.251 e. The molecular formula is C23H32FIN4OS. The van der Waals surface area contributed by atoms with Crippen LogP contribution in [0, 0.1) is 5.82 Å². The molecule has 8 heteroatoms. The van der Waals surface area contributed by atoms with E-state index in [9.17, 15) is 9.18 Å². The van der Waals surface area contributed by atoms with Gasteiger partial charge in [-0.2, -0.15) is 11.8 Å². The van der Waals surface area contributed by atoms with Crippen molar-refractivity contribution >= 4 is 47.6 Å². The third-order valence-corrected chi connectivity index (χ3v) is 5.38. The van der Waals surface area contributed by atoms with Gasteiger partial charge in [0.15, 0.2) is 5.96 Å². The van der Waals surface area contributed by atoms with Crippen LogP contribution < -0.4 is 16.0 Å². The van der Waals surface area contributed by atoms with Gasteiger partial charge in [-0.25, -0.2) is 4.39 Å². The van der Waals surface area contributed by atoms with Gasteiger partial charge in [0.2, 0.25) is 0 Å². The van der Waals surface area contributed by atoms with Gasteiger partial charge < -0.3 is 16.0 Å². The molecule has 0 aromatic heterocycles. The number of nitrogens with one attached hydrogen (secondary N) is 3. The normalized spacial score (nSPS) is 12.0. The fraction of sp³-hybridized carbons (Fsp3) is 0.391. The first-order chi connectivity index (χ1) is 14.5. The van der Waals surface area contributed by atoms with E-state index in [0.29, 0.717) is 24.6 Å². The molecule has 2 aromatic rings. The summed E-state index contributed by atoms with van der Waals surface area (Å²) in [4.78, 5) is 16.6. The molecule has 0 heterocycles. The van der Waals surface area contributed by atoms with E-state index in [-0.39, 0.29) is 41.7 Å². The molecule has 5 nitrogen and oxygen atoms in total. The lowest BCUT2D eigenvalue weighted by atomic mass is 10.1. The molecule has 0 aliphatic rings. The Morgan fingerprint density at radius 1 is 1.13 bits per heavy atom. The van der Waals surface area contributed by atoms with Crippen LogP contribution in [-0.4, -0.2) is 31.2 Å². The number of nitrogens with zero attached hydrogens (tertiary/aromatic N) is 1. The van der Waals surface area contributed by atoms with Crippen LogP contribution in [0.15, 0.2) is 47.5 Å². The number of rotatable bonds is 9. The van der Waals surface area contributed by atoms with Crippen molar-refractivity contribution in [2.24, 2.45) is 4.99 Å². The van der Waals surface area contributed by atoms with Crippen LogP contribution in [0.5, 0.6) is 0 Å². The second-order valence-corrected chi connectivity index (χ2v) is 7.97. The predicted molar refractivity (Wildman–Crippen MR) is 140 cm³/mol. The zero-order valence-electron chi connectivity index (χ0n) is 18.5. The van der Waals surface area contributed by atoms with E-state index < -0.39 is 0 Å². The Bertz CT molecular complexity index is 878. The average molecular weight is 559 g/mol. The largest absolute Gasteiger partial charge is 0.352 e. The van der Waals surface area contributed by atoms with Crippen molar-refractivity contribution in [2.75, 3.05) is 13.3 Å². The number of thioether (sulfide) groups is 1. The summed E-state index contributed by atoms with van der Waals surface area (Å²) in [6.45, 7) is 5.11. The van der Waals surface area contributed by atoms with Crippen molar-refractivity contribution in [3.05, 3.63) is 70.5 Å². The van der Waals surface area contributed by atoms with Crippen molar-refractivity contribution in [2.45, 2.75) is 45.2 Å². The summed E-state index contributed by atoms with van der Waals surface area (Å²) < 4.78 is 13.5. The number of aliphatic imine (C=N–C) groups is 1. The molecule has 1 atom stereocenters. The molecule has 0 saturated carbocycles. The minimum Gasteiger partial charge on any atom is -0.352 e. The zero-order chi connectivity index (χ0) is 21.9. The summed E-state index contributed by atoms with van der Waals surface area (Å²) in [5.41, 5.74) is 3.65. The Kier molecular flexibility index (Phi) is 12.5. The first kappa shape index (κ1) is 27.2. The summed E-state index contributed by atoms with van der Waals surface area (Å²) in [5, 5.41) is 9.52. The van der Waals surface area contributed by atoms with E-state index in [1.165, 1.54) is 6.07 Å². The quantitative estimate of drug-likeness (QED) is 0.237. The fourth-order valence-electron chi connectivity index (χ4n) is 2.87. The highest BCUT2D eigenvalue weighted by atomic mass is 127. The molecule has 0 aliphatic carbocycles. The minimum atomic E-state index is -0.220. The van der Waals surface area contributed by atoms with Crippen LogP contribution in [0.3, 0.4) is 0 Å². The Balaban J connectivity index is 0.00000480. The van der Waals surface area contributed by atoms with E-state index in [4.69, 9.17) is 0 Å². The topological polar surface area (TPSA) is 65.5 Å². The van der Waals surface area contributed by atoms with Gasteiger partial charge in [-0.05, 0) is 60.6 Å². The van der Waals surface area contributed by atoms with E-state index in [1.807, 2.05) is 44.4 Å². The van der Waals surface area contributed by atoms with Gasteiger partial charge in [0.1, 0.15) is 5.82 Å². The number of carbonyl (C=O) groups excluding carboxylic acids is 1. The zero-order valence-corrected chi connectivity index (χ0v) is 21.6. The lowest BCUT2D eigenvalue weighted by Gasteiger charge is -2.15. The first-order valence-electron chi connectivity index (χ1n) is 10.1. The standard InChI is InChI=1S/C23H31FN4OS.HI/c1-5-16(2)28-22(29)18-8-6-7-17(11-18)13-26-23(25-3)27-14-19-9-10-21(24)12-20(19)15-30-4;/h6-12,16H,5,13-15H2,1-4H3,(H,28,29)(H2,25,26,27);1H. The van der Waals surface area contributed by atoms with Crippen molar-refractivity contribution in [1.29, 1.82) is 0 Å². The van der Waals surface area contributed by atoms with Gasteiger partial charge in [-0.15, -0.1) is 24.0 Å². The lowest BCUT2D eigenvalue weighted by Crippen LogP contribution is -2.36. The monoisotopic (exact) mass is 558 g/mol. The maximum absolute atomic E-state index is 13.5. The minimum absolute atomic E-state index is 0. The summed E-state index contributed by atoms with van der Waals surface area (Å²) in [7, 11) is 1.71. The van der Waals surface area contributed by atoms with Gasteiger partial charge in [0, 0.05) is 37.5 Å². The molecule has 2 rings (SSSR count). The number of hydrogen-bond acceptors (Lipinski definition) is 3. The van der Waals surface area contributed by atoms with Gasteiger partial charge >= 0.3 is 0 Å². The van der Waals surface area contributed by atoms with E-state index >= 15 is 0 Å². The van der Waals surface area contributed by atoms with Crippen LogP contribution in [0.4, 0.5) is 4.39 Å². The summed E-state index contributed by atoms with van der Waals surface area (Å²) in [5.74, 6) is 1.12. The predicted octanol–water partition coefficient (Wildman–Crippen LogP) is 4.70. The lowest BCUT2D eigenvalue weighted by molar-refractivity contribution is 0.0939. The molecule has 170 valence electrons. The summed E-state index contributed by atoms with van der Waals surface area (Å²) in [6, 6.07) is 12.6. The van der Waals surface area contributed by atoms with Gasteiger partial charge in [0.05, 0.1) is 0 Å².